The summed E-state index contributed by atoms with van der Waals surface area (Å²) in [4.78, 5) is 44.5. The van der Waals surface area contributed by atoms with E-state index in [0.29, 0.717) is 23.0 Å². The van der Waals surface area contributed by atoms with Crippen molar-refractivity contribution in [1.82, 2.24) is 4.98 Å². The van der Waals surface area contributed by atoms with Crippen molar-refractivity contribution in [3.8, 4) is 5.75 Å². The summed E-state index contributed by atoms with van der Waals surface area (Å²) in [6, 6.07) is 12.2. The molecule has 2 heterocycles. The Morgan fingerprint density at radius 2 is 1.79 bits per heavy atom. The summed E-state index contributed by atoms with van der Waals surface area (Å²) >= 11 is 1.38. The molecule has 3 amide bonds. The van der Waals surface area contributed by atoms with Crippen molar-refractivity contribution in [1.29, 1.82) is 0 Å². The predicted octanol–water partition coefficient (Wildman–Crippen LogP) is 4.26. The molecule has 3 aliphatic rings. The summed E-state index contributed by atoms with van der Waals surface area (Å²) in [6.45, 7) is 2.49. The molecule has 2 aliphatic carbocycles. The molecule has 2 fully saturated rings. The molecule has 3 aromatic rings. The Labute approximate surface area is 194 Å². The molecule has 33 heavy (non-hydrogen) atoms. The topological polar surface area (TPSA) is 88.6 Å². The lowest BCUT2D eigenvalue weighted by molar-refractivity contribution is -0.123. The van der Waals surface area contributed by atoms with Gasteiger partial charge < -0.3 is 4.74 Å². The number of nitrogens with one attached hydrogen (secondary N) is 1. The third kappa shape index (κ3) is 3.16. The zero-order valence-corrected chi connectivity index (χ0v) is 18.7. The van der Waals surface area contributed by atoms with E-state index in [1.807, 2.05) is 25.1 Å². The Bertz CT molecular complexity index is 1300. The second-order valence-corrected chi connectivity index (χ2v) is 9.62. The van der Waals surface area contributed by atoms with E-state index in [4.69, 9.17) is 4.74 Å². The predicted molar refractivity (Wildman–Crippen MR) is 125 cm³/mol. The third-order valence-electron chi connectivity index (χ3n) is 6.75. The number of rotatable bonds is 5. The second-order valence-electron chi connectivity index (χ2n) is 8.59. The number of carbonyl (C=O) groups excluding carboxylic acids is 3. The Kier molecular flexibility index (Phi) is 4.58. The quantitative estimate of drug-likeness (QED) is 0.455. The molecule has 166 valence electrons. The number of thiazole rings is 1. The van der Waals surface area contributed by atoms with Gasteiger partial charge in [0.25, 0.3) is 5.91 Å². The molecule has 1 saturated heterocycles. The van der Waals surface area contributed by atoms with E-state index in [2.05, 4.69) is 22.5 Å². The first-order chi connectivity index (χ1) is 16.0. The number of imide groups is 1. The fraction of sp³-hybridized carbons (Fsp3) is 0.280. The first-order valence-electron chi connectivity index (χ1n) is 11.0. The molecular weight excluding hydrogens is 438 g/mol. The highest BCUT2D eigenvalue weighted by Crippen LogP contribution is 2.53. The number of carbonyl (C=O) groups is 3. The lowest BCUT2D eigenvalue weighted by Gasteiger charge is -2.17. The summed E-state index contributed by atoms with van der Waals surface area (Å²) in [5, 5.41) is 3.32. The van der Waals surface area contributed by atoms with Crippen molar-refractivity contribution in [3.05, 3.63) is 60.2 Å². The molecule has 1 aliphatic heterocycles. The van der Waals surface area contributed by atoms with Crippen molar-refractivity contribution < 1.29 is 19.1 Å². The van der Waals surface area contributed by atoms with E-state index >= 15 is 0 Å². The van der Waals surface area contributed by atoms with Crippen LogP contribution >= 0.6 is 11.3 Å². The SMILES string of the molecule is CCOc1ccc2sc(NC(=O)c3ccc(N4C(=O)[C@@H]5[C@@H](C4=O)[C@H]4C=C[C@H]5C4)cc3)nc2c1. The molecule has 0 unspecified atom stereocenters. The Morgan fingerprint density at radius 3 is 2.45 bits per heavy atom. The number of fused-ring (bicyclic) bond motifs is 6. The number of nitrogens with zero attached hydrogens (tertiary/aromatic N) is 2. The maximum Gasteiger partial charge on any atom is 0.257 e. The van der Waals surface area contributed by atoms with Gasteiger partial charge in [0.2, 0.25) is 11.8 Å². The highest BCUT2D eigenvalue weighted by atomic mass is 32.1. The molecule has 2 bridgehead atoms. The highest BCUT2D eigenvalue weighted by Gasteiger charge is 2.59. The summed E-state index contributed by atoms with van der Waals surface area (Å²) in [6.07, 6.45) is 5.06. The number of allylic oxidation sites excluding steroid dienone is 2. The molecule has 1 saturated carbocycles. The molecule has 1 N–H and O–H groups in total. The largest absolute Gasteiger partial charge is 0.494 e. The van der Waals surface area contributed by atoms with E-state index in [1.165, 1.54) is 16.2 Å². The minimum absolute atomic E-state index is 0.125. The number of hydrogen-bond donors (Lipinski definition) is 1. The van der Waals surface area contributed by atoms with Crippen LogP contribution in [-0.2, 0) is 9.59 Å². The van der Waals surface area contributed by atoms with Crippen LogP contribution in [0.2, 0.25) is 0 Å². The van der Waals surface area contributed by atoms with Gasteiger partial charge in [-0.15, -0.1) is 0 Å². The summed E-state index contributed by atoms with van der Waals surface area (Å²) in [7, 11) is 0. The fourth-order valence-corrected chi connectivity index (χ4v) is 6.15. The van der Waals surface area contributed by atoms with Crippen LogP contribution in [0.4, 0.5) is 10.8 Å². The van der Waals surface area contributed by atoms with Crippen LogP contribution in [0.5, 0.6) is 5.75 Å². The van der Waals surface area contributed by atoms with E-state index < -0.39 is 0 Å². The molecule has 6 rings (SSSR count). The van der Waals surface area contributed by atoms with Crippen LogP contribution in [0.1, 0.15) is 23.7 Å². The molecule has 0 radical (unpaired) electrons. The average Bonchev–Trinajstić information content (AvgIpc) is 3.57. The summed E-state index contributed by atoms with van der Waals surface area (Å²) in [5.74, 6) is 0.0526. The van der Waals surface area contributed by atoms with Crippen molar-refractivity contribution in [2.24, 2.45) is 23.7 Å². The van der Waals surface area contributed by atoms with Crippen molar-refractivity contribution in [2.45, 2.75) is 13.3 Å². The lowest BCUT2D eigenvalue weighted by Crippen LogP contribution is -2.32. The second kappa shape index (κ2) is 7.52. The summed E-state index contributed by atoms with van der Waals surface area (Å²) < 4.78 is 6.45. The number of ether oxygens (including phenoxy) is 1. The highest BCUT2D eigenvalue weighted by molar-refractivity contribution is 7.22. The minimum Gasteiger partial charge on any atom is -0.494 e. The van der Waals surface area contributed by atoms with Crippen molar-refractivity contribution in [2.75, 3.05) is 16.8 Å². The molecule has 0 spiro atoms. The zero-order valence-electron chi connectivity index (χ0n) is 17.9. The van der Waals surface area contributed by atoms with Gasteiger partial charge in [0.1, 0.15) is 5.75 Å². The molecule has 4 atom stereocenters. The van der Waals surface area contributed by atoms with Crippen LogP contribution in [0.15, 0.2) is 54.6 Å². The maximum atomic E-state index is 13.0. The molecule has 8 heteroatoms. The standard InChI is InChI=1S/C25H21N3O4S/c1-2-32-17-9-10-19-18(12-17)26-25(33-19)27-22(29)13-5-7-16(8-6-13)28-23(30)20-14-3-4-15(11-14)21(20)24(28)31/h3-10,12,14-15,20-21H,2,11H2,1H3,(H,26,27,29)/t14-,15-,20-,21-/m0/s1. The first kappa shape index (κ1) is 20.1. The van der Waals surface area contributed by atoms with Crippen LogP contribution in [0.25, 0.3) is 10.2 Å². The van der Waals surface area contributed by atoms with E-state index in [-0.39, 0.29) is 41.4 Å². The van der Waals surface area contributed by atoms with E-state index in [1.54, 1.807) is 24.3 Å². The monoisotopic (exact) mass is 459 g/mol. The number of benzene rings is 2. The van der Waals surface area contributed by atoms with E-state index in [0.717, 1.165) is 22.4 Å². The maximum absolute atomic E-state index is 13.0. The van der Waals surface area contributed by atoms with Gasteiger partial charge in [-0.2, -0.15) is 0 Å². The zero-order chi connectivity index (χ0) is 22.7. The van der Waals surface area contributed by atoms with Gasteiger partial charge in [-0.1, -0.05) is 23.5 Å². The fourth-order valence-electron chi connectivity index (χ4n) is 5.31. The number of amides is 3. The van der Waals surface area contributed by atoms with Crippen LogP contribution in [-0.4, -0.2) is 29.3 Å². The number of anilines is 2. The minimum atomic E-state index is -0.302. The molecule has 2 aromatic carbocycles. The lowest BCUT2D eigenvalue weighted by atomic mass is 9.85. The van der Waals surface area contributed by atoms with Gasteiger partial charge in [-0.05, 0) is 61.6 Å². The van der Waals surface area contributed by atoms with Gasteiger partial charge in [0.15, 0.2) is 5.13 Å². The number of aromatic nitrogens is 1. The van der Waals surface area contributed by atoms with Crippen LogP contribution < -0.4 is 15.0 Å². The van der Waals surface area contributed by atoms with Crippen molar-refractivity contribution in [3.63, 3.8) is 0 Å². The van der Waals surface area contributed by atoms with Crippen LogP contribution in [0, 0.1) is 23.7 Å². The average molecular weight is 460 g/mol. The molecule has 1 aromatic heterocycles. The Morgan fingerprint density at radius 1 is 1.09 bits per heavy atom. The normalized spacial score (nSPS) is 25.2. The third-order valence-corrected chi connectivity index (χ3v) is 7.70. The Hall–Kier alpha value is -3.52. The van der Waals surface area contributed by atoms with Gasteiger partial charge in [-0.3, -0.25) is 24.6 Å². The van der Waals surface area contributed by atoms with Gasteiger partial charge >= 0.3 is 0 Å². The van der Waals surface area contributed by atoms with Gasteiger partial charge in [-0.25, -0.2) is 4.98 Å². The Balaban J connectivity index is 1.18. The first-order valence-corrected chi connectivity index (χ1v) is 11.9. The van der Waals surface area contributed by atoms with E-state index in [9.17, 15) is 14.4 Å². The summed E-state index contributed by atoms with van der Waals surface area (Å²) in [5.41, 5.74) is 1.70. The molecule has 7 nitrogen and oxygen atoms in total. The van der Waals surface area contributed by atoms with Crippen LogP contribution in [0.3, 0.4) is 0 Å². The smallest absolute Gasteiger partial charge is 0.257 e. The molecular formula is C25H21N3O4S. The number of hydrogen-bond acceptors (Lipinski definition) is 6. The van der Waals surface area contributed by atoms with Gasteiger partial charge in [0, 0.05) is 11.6 Å². The van der Waals surface area contributed by atoms with Gasteiger partial charge in [0.05, 0.1) is 34.3 Å². The van der Waals surface area contributed by atoms with Crippen molar-refractivity contribution >= 4 is 50.1 Å².